The quantitative estimate of drug-likeness (QED) is 0.910. The summed E-state index contributed by atoms with van der Waals surface area (Å²) in [4.78, 5) is 0. The molecular weight excluding hydrogens is 282 g/mol. The molecule has 16 heavy (non-hydrogen) atoms. The number of rotatable bonds is 3. The van der Waals surface area contributed by atoms with Crippen LogP contribution in [0, 0.1) is 0 Å². The topological polar surface area (TPSA) is 12.0 Å². The van der Waals surface area contributed by atoms with Crippen molar-refractivity contribution in [2.45, 2.75) is 37.6 Å². The molecule has 1 nitrogen and oxygen atoms in total. The van der Waals surface area contributed by atoms with Crippen LogP contribution in [0.4, 0.5) is 0 Å². The molecule has 0 amide bonds. The van der Waals surface area contributed by atoms with Crippen molar-refractivity contribution in [3.63, 3.8) is 0 Å². The Hall–Kier alpha value is 0.01000. The normalized spacial score (nSPS) is 25.6. The molecule has 1 saturated heterocycles. The smallest absolute Gasteiger partial charge is 0.0208 e. The lowest BCUT2D eigenvalue weighted by molar-refractivity contribution is 0.462. The third-order valence-corrected chi connectivity index (χ3v) is 5.00. The molecule has 1 aromatic rings. The Kier molecular flexibility index (Phi) is 4.74. The van der Waals surface area contributed by atoms with Crippen molar-refractivity contribution in [2.75, 3.05) is 5.75 Å². The van der Waals surface area contributed by atoms with E-state index in [-0.39, 0.29) is 0 Å². The highest BCUT2D eigenvalue weighted by molar-refractivity contribution is 9.10. The largest absolute Gasteiger partial charge is 0.309 e. The number of hydrogen-bond donors (Lipinski definition) is 1. The van der Waals surface area contributed by atoms with Gasteiger partial charge in [-0.25, -0.2) is 0 Å². The van der Waals surface area contributed by atoms with Crippen LogP contribution >= 0.6 is 27.7 Å². The fourth-order valence-corrected chi connectivity index (χ4v) is 3.48. The zero-order valence-electron chi connectivity index (χ0n) is 9.58. The number of thioether (sulfide) groups is 1. The second kappa shape index (κ2) is 6.08. The van der Waals surface area contributed by atoms with E-state index in [9.17, 15) is 0 Å². The average Bonchev–Trinajstić information content (AvgIpc) is 2.30. The monoisotopic (exact) mass is 299 g/mol. The minimum Gasteiger partial charge on any atom is -0.309 e. The van der Waals surface area contributed by atoms with Gasteiger partial charge in [-0.2, -0.15) is 11.8 Å². The van der Waals surface area contributed by atoms with E-state index in [1.54, 1.807) is 0 Å². The van der Waals surface area contributed by atoms with E-state index in [1.165, 1.54) is 24.2 Å². The van der Waals surface area contributed by atoms with Crippen LogP contribution in [0.3, 0.4) is 0 Å². The van der Waals surface area contributed by atoms with Gasteiger partial charge in [0.25, 0.3) is 0 Å². The van der Waals surface area contributed by atoms with Crippen LogP contribution in [0.25, 0.3) is 0 Å². The molecule has 3 heteroatoms. The highest BCUT2D eigenvalue weighted by Crippen LogP contribution is 2.25. The zero-order valence-corrected chi connectivity index (χ0v) is 12.0. The van der Waals surface area contributed by atoms with Crippen LogP contribution in [0.1, 0.15) is 25.3 Å². The predicted molar refractivity (Wildman–Crippen MR) is 75.9 cm³/mol. The summed E-state index contributed by atoms with van der Waals surface area (Å²) in [7, 11) is 0. The lowest BCUT2D eigenvalue weighted by Crippen LogP contribution is -2.38. The van der Waals surface area contributed by atoms with Crippen LogP contribution in [-0.4, -0.2) is 17.0 Å². The maximum Gasteiger partial charge on any atom is 0.0208 e. The molecule has 0 saturated carbocycles. The number of benzene rings is 1. The Morgan fingerprint density at radius 1 is 1.38 bits per heavy atom. The molecule has 0 radical (unpaired) electrons. The summed E-state index contributed by atoms with van der Waals surface area (Å²) in [5.74, 6) is 1.33. The number of hydrogen-bond acceptors (Lipinski definition) is 2. The van der Waals surface area contributed by atoms with Gasteiger partial charge in [0.2, 0.25) is 0 Å². The first kappa shape index (κ1) is 12.5. The van der Waals surface area contributed by atoms with Crippen LogP contribution in [0.2, 0.25) is 0 Å². The minimum atomic E-state index is 0.683. The van der Waals surface area contributed by atoms with E-state index in [2.05, 4.69) is 64.2 Å². The molecule has 0 aliphatic carbocycles. The molecule has 0 spiro atoms. The van der Waals surface area contributed by atoms with Crippen LogP contribution in [0.15, 0.2) is 28.7 Å². The van der Waals surface area contributed by atoms with Crippen LogP contribution in [0.5, 0.6) is 0 Å². The minimum absolute atomic E-state index is 0.683. The van der Waals surface area contributed by atoms with Gasteiger partial charge in [-0.3, -0.25) is 0 Å². The van der Waals surface area contributed by atoms with Crippen LogP contribution < -0.4 is 5.32 Å². The lowest BCUT2D eigenvalue weighted by Gasteiger charge is -2.29. The van der Waals surface area contributed by atoms with E-state index >= 15 is 0 Å². The highest BCUT2D eigenvalue weighted by atomic mass is 79.9. The van der Waals surface area contributed by atoms with Crippen molar-refractivity contribution in [1.29, 1.82) is 0 Å². The highest BCUT2D eigenvalue weighted by Gasteiger charge is 2.20. The summed E-state index contributed by atoms with van der Waals surface area (Å²) in [5.41, 5.74) is 1.37. The van der Waals surface area contributed by atoms with Gasteiger partial charge in [-0.15, -0.1) is 0 Å². The summed E-state index contributed by atoms with van der Waals surface area (Å²) < 4.78 is 1.15. The molecule has 0 bridgehead atoms. The van der Waals surface area contributed by atoms with Crippen molar-refractivity contribution >= 4 is 27.7 Å². The Balaban J connectivity index is 1.84. The van der Waals surface area contributed by atoms with Gasteiger partial charge >= 0.3 is 0 Å². The number of nitrogens with one attached hydrogen (secondary N) is 1. The molecule has 88 valence electrons. The van der Waals surface area contributed by atoms with Crippen molar-refractivity contribution in [1.82, 2.24) is 5.32 Å². The van der Waals surface area contributed by atoms with Crippen molar-refractivity contribution in [3.8, 4) is 0 Å². The molecule has 1 aliphatic rings. The van der Waals surface area contributed by atoms with E-state index in [0.717, 1.165) is 16.3 Å². The molecule has 2 unspecified atom stereocenters. The zero-order chi connectivity index (χ0) is 11.4. The van der Waals surface area contributed by atoms with Gasteiger partial charge in [0, 0.05) is 22.3 Å². The van der Waals surface area contributed by atoms with Crippen molar-refractivity contribution in [2.24, 2.45) is 0 Å². The van der Waals surface area contributed by atoms with Gasteiger partial charge in [-0.05, 0) is 36.3 Å². The summed E-state index contributed by atoms with van der Waals surface area (Å²) in [6.07, 6.45) is 2.68. The molecular formula is C13H18BrNS. The summed E-state index contributed by atoms with van der Waals surface area (Å²) in [5, 5.41) is 4.42. The molecule has 1 aromatic carbocycles. The standard InChI is InChI=1S/C13H18BrNS/c1-10-13(3-2-8-16-10)15-9-11-4-6-12(14)7-5-11/h4-7,10,13,15H,2-3,8-9H2,1H3. The Morgan fingerprint density at radius 2 is 2.12 bits per heavy atom. The summed E-state index contributed by atoms with van der Waals surface area (Å²) in [6, 6.07) is 9.25. The van der Waals surface area contributed by atoms with Crippen molar-refractivity contribution < 1.29 is 0 Å². The van der Waals surface area contributed by atoms with E-state index in [1.807, 2.05) is 0 Å². The Bertz CT molecular complexity index is 325. The number of halogens is 1. The second-order valence-electron chi connectivity index (χ2n) is 4.33. The molecule has 2 rings (SSSR count). The molecule has 0 aromatic heterocycles. The first-order valence-electron chi connectivity index (χ1n) is 5.85. The summed E-state index contributed by atoms with van der Waals surface area (Å²) >= 11 is 5.55. The molecule has 1 heterocycles. The Labute approximate surface area is 111 Å². The van der Waals surface area contributed by atoms with E-state index < -0.39 is 0 Å². The maximum atomic E-state index is 3.67. The first-order chi connectivity index (χ1) is 7.75. The molecule has 1 fully saturated rings. The lowest BCUT2D eigenvalue weighted by atomic mass is 10.1. The van der Waals surface area contributed by atoms with Gasteiger partial charge < -0.3 is 5.32 Å². The molecule has 1 aliphatic heterocycles. The Morgan fingerprint density at radius 3 is 2.81 bits per heavy atom. The van der Waals surface area contributed by atoms with Crippen LogP contribution in [-0.2, 0) is 6.54 Å². The molecule has 1 N–H and O–H groups in total. The molecule has 2 atom stereocenters. The predicted octanol–water partition coefficient (Wildman–Crippen LogP) is 3.82. The fourth-order valence-electron chi connectivity index (χ4n) is 2.04. The first-order valence-corrected chi connectivity index (χ1v) is 7.69. The van der Waals surface area contributed by atoms with Gasteiger partial charge in [0.05, 0.1) is 0 Å². The SMILES string of the molecule is CC1SCCCC1NCc1ccc(Br)cc1. The van der Waals surface area contributed by atoms with Gasteiger partial charge in [0.15, 0.2) is 0 Å². The van der Waals surface area contributed by atoms with Gasteiger partial charge in [0.1, 0.15) is 0 Å². The maximum absolute atomic E-state index is 3.67. The summed E-state index contributed by atoms with van der Waals surface area (Å²) in [6.45, 7) is 3.33. The average molecular weight is 300 g/mol. The third kappa shape index (κ3) is 3.51. The fraction of sp³-hybridized carbons (Fsp3) is 0.538. The van der Waals surface area contributed by atoms with Gasteiger partial charge in [-0.1, -0.05) is 35.0 Å². The third-order valence-electron chi connectivity index (χ3n) is 3.09. The second-order valence-corrected chi connectivity index (χ2v) is 6.73. The van der Waals surface area contributed by atoms with Crippen molar-refractivity contribution in [3.05, 3.63) is 34.3 Å². The van der Waals surface area contributed by atoms with E-state index in [4.69, 9.17) is 0 Å². The van der Waals surface area contributed by atoms with E-state index in [0.29, 0.717) is 6.04 Å².